The summed E-state index contributed by atoms with van der Waals surface area (Å²) in [6.45, 7) is 4.74. The first-order chi connectivity index (χ1) is 14.0. The lowest BCUT2D eigenvalue weighted by molar-refractivity contribution is -0.384. The van der Waals surface area contributed by atoms with E-state index in [2.05, 4.69) is 6.58 Å². The molecule has 0 N–H and O–H groups in total. The summed E-state index contributed by atoms with van der Waals surface area (Å²) in [6, 6.07) is 15.8. The first-order valence-corrected chi connectivity index (χ1v) is 9.01. The standard InChI is InChI=1S/C22H20FN3O3/c1-2-11-25(22(27)18-7-4-9-20(14-18)26(28)29)16-21-10-5-12-24(21)15-17-6-3-8-19(23)13-17/h2-10,12-14H,1,11,15-16H2. The average molecular weight is 393 g/mol. The molecule has 6 nitrogen and oxygen atoms in total. The number of aromatic nitrogens is 1. The van der Waals surface area contributed by atoms with Crippen LogP contribution in [0.25, 0.3) is 0 Å². The van der Waals surface area contributed by atoms with Gasteiger partial charge in [0.05, 0.1) is 11.5 Å². The van der Waals surface area contributed by atoms with Crippen LogP contribution in [0.2, 0.25) is 0 Å². The fourth-order valence-corrected chi connectivity index (χ4v) is 3.08. The Kier molecular flexibility index (Phi) is 6.19. The number of nitro groups is 1. The van der Waals surface area contributed by atoms with Crippen LogP contribution in [0, 0.1) is 15.9 Å². The molecule has 7 heteroatoms. The molecular formula is C22H20FN3O3. The van der Waals surface area contributed by atoms with Crippen LogP contribution in [0.3, 0.4) is 0 Å². The second-order valence-electron chi connectivity index (χ2n) is 6.54. The molecule has 0 spiro atoms. The number of carbonyl (C=O) groups is 1. The second-order valence-corrected chi connectivity index (χ2v) is 6.54. The molecule has 0 unspecified atom stereocenters. The molecule has 0 atom stereocenters. The average Bonchev–Trinajstić information content (AvgIpc) is 3.14. The van der Waals surface area contributed by atoms with Gasteiger partial charge < -0.3 is 9.47 Å². The number of nitrogens with zero attached hydrogens (tertiary/aromatic N) is 3. The van der Waals surface area contributed by atoms with Crippen molar-refractivity contribution < 1.29 is 14.1 Å². The highest BCUT2D eigenvalue weighted by molar-refractivity contribution is 5.94. The molecule has 148 valence electrons. The molecule has 0 fully saturated rings. The van der Waals surface area contributed by atoms with Gasteiger partial charge in [-0.2, -0.15) is 0 Å². The predicted octanol–water partition coefficient (Wildman–Crippen LogP) is 4.41. The third-order valence-corrected chi connectivity index (χ3v) is 4.46. The van der Waals surface area contributed by atoms with Gasteiger partial charge in [0.1, 0.15) is 5.82 Å². The van der Waals surface area contributed by atoms with Crippen LogP contribution in [-0.4, -0.2) is 26.8 Å². The van der Waals surface area contributed by atoms with E-state index in [9.17, 15) is 19.3 Å². The van der Waals surface area contributed by atoms with Crippen molar-refractivity contribution >= 4 is 11.6 Å². The molecule has 0 radical (unpaired) electrons. The minimum atomic E-state index is -0.529. The van der Waals surface area contributed by atoms with E-state index in [4.69, 9.17) is 0 Å². The Hall–Kier alpha value is -3.74. The van der Waals surface area contributed by atoms with Crippen LogP contribution in [0.4, 0.5) is 10.1 Å². The maximum atomic E-state index is 13.5. The summed E-state index contributed by atoms with van der Waals surface area (Å²) in [4.78, 5) is 25.0. The Bertz CT molecular complexity index is 1050. The van der Waals surface area contributed by atoms with Crippen molar-refractivity contribution in [3.05, 3.63) is 112 Å². The largest absolute Gasteiger partial charge is 0.345 e. The summed E-state index contributed by atoms with van der Waals surface area (Å²) in [6.07, 6.45) is 3.47. The summed E-state index contributed by atoms with van der Waals surface area (Å²) >= 11 is 0. The van der Waals surface area contributed by atoms with Gasteiger partial charge in [-0.3, -0.25) is 14.9 Å². The highest BCUT2D eigenvalue weighted by Crippen LogP contribution is 2.17. The van der Waals surface area contributed by atoms with Gasteiger partial charge in [0, 0.05) is 42.7 Å². The van der Waals surface area contributed by atoms with E-state index >= 15 is 0 Å². The molecule has 29 heavy (non-hydrogen) atoms. The fraction of sp³-hybridized carbons (Fsp3) is 0.136. The van der Waals surface area contributed by atoms with Gasteiger partial charge in [0.15, 0.2) is 0 Å². The zero-order valence-electron chi connectivity index (χ0n) is 15.7. The number of hydrogen-bond donors (Lipinski definition) is 0. The summed E-state index contributed by atoms with van der Waals surface area (Å²) < 4.78 is 15.4. The van der Waals surface area contributed by atoms with E-state index in [1.54, 1.807) is 23.1 Å². The maximum Gasteiger partial charge on any atom is 0.270 e. The topological polar surface area (TPSA) is 68.4 Å². The molecule has 0 saturated heterocycles. The van der Waals surface area contributed by atoms with E-state index < -0.39 is 4.92 Å². The Morgan fingerprint density at radius 1 is 1.17 bits per heavy atom. The minimum absolute atomic E-state index is 0.135. The van der Waals surface area contributed by atoms with Crippen LogP contribution in [0.5, 0.6) is 0 Å². The second kappa shape index (κ2) is 8.97. The summed E-state index contributed by atoms with van der Waals surface area (Å²) in [5.74, 6) is -0.627. The van der Waals surface area contributed by atoms with Gasteiger partial charge in [-0.1, -0.05) is 24.3 Å². The van der Waals surface area contributed by atoms with Gasteiger partial charge in [0.25, 0.3) is 11.6 Å². The molecule has 1 heterocycles. The van der Waals surface area contributed by atoms with E-state index in [0.29, 0.717) is 6.54 Å². The van der Waals surface area contributed by atoms with Crippen LogP contribution >= 0.6 is 0 Å². The molecule has 0 bridgehead atoms. The molecule has 2 aromatic carbocycles. The minimum Gasteiger partial charge on any atom is -0.345 e. The van der Waals surface area contributed by atoms with Gasteiger partial charge in [-0.15, -0.1) is 6.58 Å². The van der Waals surface area contributed by atoms with Crippen molar-refractivity contribution in [3.8, 4) is 0 Å². The lowest BCUT2D eigenvalue weighted by atomic mass is 10.1. The van der Waals surface area contributed by atoms with Crippen molar-refractivity contribution in [2.24, 2.45) is 0 Å². The molecular weight excluding hydrogens is 373 g/mol. The van der Waals surface area contributed by atoms with Crippen LogP contribution in [0.15, 0.2) is 79.5 Å². The number of benzene rings is 2. The van der Waals surface area contributed by atoms with Gasteiger partial charge in [-0.25, -0.2) is 4.39 Å². The molecule has 3 aromatic rings. The molecule has 0 saturated carbocycles. The molecule has 0 aliphatic rings. The van der Waals surface area contributed by atoms with Crippen LogP contribution in [-0.2, 0) is 13.1 Å². The van der Waals surface area contributed by atoms with E-state index in [-0.39, 0.29) is 36.1 Å². The zero-order valence-corrected chi connectivity index (χ0v) is 15.7. The number of non-ortho nitro benzene ring substituents is 1. The van der Waals surface area contributed by atoms with Crippen molar-refractivity contribution in [1.82, 2.24) is 9.47 Å². The first kappa shape index (κ1) is 20.0. The predicted molar refractivity (Wildman–Crippen MR) is 108 cm³/mol. The summed E-state index contributed by atoms with van der Waals surface area (Å²) in [7, 11) is 0. The first-order valence-electron chi connectivity index (χ1n) is 9.01. The third kappa shape index (κ3) is 4.95. The van der Waals surface area contributed by atoms with Crippen molar-refractivity contribution in [3.63, 3.8) is 0 Å². The SMILES string of the molecule is C=CCN(Cc1cccn1Cc1cccc(F)c1)C(=O)c1cccc([N+](=O)[O-])c1. The monoisotopic (exact) mass is 393 g/mol. The van der Waals surface area contributed by atoms with Crippen LogP contribution in [0.1, 0.15) is 21.6 Å². The summed E-state index contributed by atoms with van der Waals surface area (Å²) in [5.41, 5.74) is 1.77. The Morgan fingerprint density at radius 3 is 2.69 bits per heavy atom. The summed E-state index contributed by atoms with van der Waals surface area (Å²) in [5, 5.41) is 11.0. The van der Waals surface area contributed by atoms with E-state index in [0.717, 1.165) is 11.3 Å². The van der Waals surface area contributed by atoms with Crippen molar-refractivity contribution in [2.45, 2.75) is 13.1 Å². The number of hydrogen-bond acceptors (Lipinski definition) is 3. The molecule has 0 aliphatic heterocycles. The third-order valence-electron chi connectivity index (χ3n) is 4.46. The number of carbonyl (C=O) groups excluding carboxylic acids is 1. The van der Waals surface area contributed by atoms with E-state index in [1.807, 2.05) is 29.0 Å². The zero-order chi connectivity index (χ0) is 20.8. The van der Waals surface area contributed by atoms with Crippen LogP contribution < -0.4 is 0 Å². The Morgan fingerprint density at radius 2 is 1.97 bits per heavy atom. The van der Waals surface area contributed by atoms with Crippen molar-refractivity contribution in [1.29, 1.82) is 0 Å². The maximum absolute atomic E-state index is 13.5. The van der Waals surface area contributed by atoms with Crippen molar-refractivity contribution in [2.75, 3.05) is 6.54 Å². The quantitative estimate of drug-likeness (QED) is 0.323. The van der Waals surface area contributed by atoms with Gasteiger partial charge >= 0.3 is 0 Å². The highest BCUT2D eigenvalue weighted by Gasteiger charge is 2.19. The Labute approximate surface area is 167 Å². The molecule has 3 rings (SSSR count). The van der Waals surface area contributed by atoms with Gasteiger partial charge in [-0.05, 0) is 35.9 Å². The van der Waals surface area contributed by atoms with Gasteiger partial charge in [0.2, 0.25) is 0 Å². The fourth-order valence-electron chi connectivity index (χ4n) is 3.08. The normalized spacial score (nSPS) is 10.5. The number of amides is 1. The lowest BCUT2D eigenvalue weighted by Gasteiger charge is -2.22. The van der Waals surface area contributed by atoms with E-state index in [1.165, 1.54) is 30.3 Å². The molecule has 1 aromatic heterocycles. The molecule has 1 amide bonds. The Balaban J connectivity index is 1.82. The lowest BCUT2D eigenvalue weighted by Crippen LogP contribution is -2.31. The smallest absolute Gasteiger partial charge is 0.270 e. The molecule has 0 aliphatic carbocycles. The number of halogens is 1. The number of nitro benzene ring substituents is 1. The number of rotatable bonds is 8. The highest BCUT2D eigenvalue weighted by atomic mass is 19.1.